The van der Waals surface area contributed by atoms with Gasteiger partial charge in [0.15, 0.2) is 5.78 Å². The summed E-state index contributed by atoms with van der Waals surface area (Å²) in [6.45, 7) is 1.24. The van der Waals surface area contributed by atoms with Gasteiger partial charge in [-0.2, -0.15) is 0 Å². The van der Waals surface area contributed by atoms with Crippen molar-refractivity contribution in [1.29, 1.82) is 0 Å². The molecule has 6 nitrogen and oxygen atoms in total. The fraction of sp³-hybridized carbons (Fsp3) is 0.222. The number of aromatic nitrogens is 1. The van der Waals surface area contributed by atoms with Crippen LogP contribution in [-0.2, 0) is 0 Å². The summed E-state index contributed by atoms with van der Waals surface area (Å²) < 4.78 is 12.4. The zero-order valence-corrected chi connectivity index (χ0v) is 19.6. The summed E-state index contributed by atoms with van der Waals surface area (Å²) in [5.41, 5.74) is 2.66. The number of ether oxygens (including phenoxy) is 2. The van der Waals surface area contributed by atoms with E-state index in [0.717, 1.165) is 28.8 Å². The van der Waals surface area contributed by atoms with Crippen LogP contribution >= 0.6 is 11.3 Å². The fourth-order valence-electron chi connectivity index (χ4n) is 4.09. The summed E-state index contributed by atoms with van der Waals surface area (Å²) in [7, 11) is 1.64. The minimum Gasteiger partial charge on any atom is -0.497 e. The molecule has 0 spiro atoms. The van der Waals surface area contributed by atoms with Crippen LogP contribution in [0.1, 0.15) is 39.1 Å². The number of piperidine rings is 1. The molecule has 2 heterocycles. The van der Waals surface area contributed by atoms with Gasteiger partial charge in [-0.25, -0.2) is 4.98 Å². The second-order valence-corrected chi connectivity index (χ2v) is 9.19. The third-order valence-electron chi connectivity index (χ3n) is 6.00. The molecule has 34 heavy (non-hydrogen) atoms. The van der Waals surface area contributed by atoms with Crippen LogP contribution < -0.4 is 9.47 Å². The molecular weight excluding hydrogens is 448 g/mol. The Labute approximate surface area is 201 Å². The molecule has 0 bridgehead atoms. The molecule has 0 atom stereocenters. The minimum absolute atomic E-state index is 0.0238. The Hall–Kier alpha value is -3.71. The standard InChI is InChI=1S/C27H24N2O4S/c1-32-22-11-12-24-23(17-22)28-27(34-24)33-21-13-15-29(16-14-21)26(31)20-9-7-19(8-10-20)25(30)18-5-3-2-4-6-18/h2-12,17,21H,13-16H2,1H3. The predicted molar refractivity (Wildman–Crippen MR) is 132 cm³/mol. The van der Waals surface area contributed by atoms with E-state index in [0.29, 0.717) is 35.0 Å². The molecular formula is C27H24N2O4S. The van der Waals surface area contributed by atoms with Gasteiger partial charge in [0.25, 0.3) is 11.1 Å². The van der Waals surface area contributed by atoms with Crippen molar-refractivity contribution in [3.05, 3.63) is 89.5 Å². The molecule has 1 aromatic heterocycles. The van der Waals surface area contributed by atoms with Gasteiger partial charge in [0, 0.05) is 48.7 Å². The lowest BCUT2D eigenvalue weighted by atomic mass is 10.0. The number of hydrogen-bond donors (Lipinski definition) is 0. The van der Waals surface area contributed by atoms with Gasteiger partial charge in [-0.3, -0.25) is 9.59 Å². The van der Waals surface area contributed by atoms with E-state index in [1.54, 1.807) is 43.5 Å². The van der Waals surface area contributed by atoms with Crippen LogP contribution in [0.5, 0.6) is 10.9 Å². The Morgan fingerprint density at radius 1 is 0.912 bits per heavy atom. The molecule has 5 rings (SSSR count). The largest absolute Gasteiger partial charge is 0.497 e. The van der Waals surface area contributed by atoms with Crippen molar-refractivity contribution in [3.63, 3.8) is 0 Å². The van der Waals surface area contributed by atoms with Crippen molar-refractivity contribution < 1.29 is 19.1 Å². The number of methoxy groups -OCH3 is 1. The lowest BCUT2D eigenvalue weighted by molar-refractivity contribution is 0.0595. The Balaban J connectivity index is 1.18. The number of hydrogen-bond acceptors (Lipinski definition) is 6. The van der Waals surface area contributed by atoms with Gasteiger partial charge < -0.3 is 14.4 Å². The average Bonchev–Trinajstić information content (AvgIpc) is 3.30. The van der Waals surface area contributed by atoms with E-state index in [4.69, 9.17) is 9.47 Å². The third-order valence-corrected chi connectivity index (χ3v) is 6.93. The highest BCUT2D eigenvalue weighted by atomic mass is 32.1. The molecule has 1 amide bonds. The first-order valence-corrected chi connectivity index (χ1v) is 12.0. The lowest BCUT2D eigenvalue weighted by Gasteiger charge is -2.31. The van der Waals surface area contributed by atoms with Crippen LogP contribution in [0.2, 0.25) is 0 Å². The Morgan fingerprint density at radius 2 is 1.59 bits per heavy atom. The van der Waals surface area contributed by atoms with Crippen molar-refractivity contribution in [2.45, 2.75) is 18.9 Å². The second kappa shape index (κ2) is 9.65. The van der Waals surface area contributed by atoms with E-state index in [2.05, 4.69) is 4.98 Å². The van der Waals surface area contributed by atoms with Gasteiger partial charge >= 0.3 is 0 Å². The topological polar surface area (TPSA) is 68.7 Å². The number of carbonyl (C=O) groups excluding carboxylic acids is 2. The molecule has 4 aromatic rings. The van der Waals surface area contributed by atoms with Gasteiger partial charge in [-0.1, -0.05) is 53.8 Å². The number of ketones is 1. The van der Waals surface area contributed by atoms with Crippen LogP contribution in [0.4, 0.5) is 0 Å². The van der Waals surface area contributed by atoms with Crippen LogP contribution in [0.25, 0.3) is 10.2 Å². The summed E-state index contributed by atoms with van der Waals surface area (Å²) in [6, 6.07) is 21.9. The normalized spacial score (nSPS) is 14.2. The molecule has 1 aliphatic rings. The second-order valence-electron chi connectivity index (χ2n) is 8.20. The molecule has 1 aliphatic heterocycles. The first-order valence-electron chi connectivity index (χ1n) is 11.2. The van der Waals surface area contributed by atoms with E-state index < -0.39 is 0 Å². The van der Waals surface area contributed by atoms with Crippen molar-refractivity contribution in [2.75, 3.05) is 20.2 Å². The number of thiazole rings is 1. The van der Waals surface area contributed by atoms with E-state index in [1.807, 2.05) is 41.3 Å². The molecule has 0 aliphatic carbocycles. The van der Waals surface area contributed by atoms with Gasteiger partial charge in [-0.15, -0.1) is 0 Å². The summed E-state index contributed by atoms with van der Waals surface area (Å²) in [5.74, 6) is 0.698. The third kappa shape index (κ3) is 4.65. The zero-order chi connectivity index (χ0) is 23.5. The van der Waals surface area contributed by atoms with Crippen LogP contribution in [0.3, 0.4) is 0 Å². The molecule has 7 heteroatoms. The highest BCUT2D eigenvalue weighted by molar-refractivity contribution is 7.20. The van der Waals surface area contributed by atoms with E-state index >= 15 is 0 Å². The van der Waals surface area contributed by atoms with Crippen LogP contribution in [0, 0.1) is 0 Å². The van der Waals surface area contributed by atoms with E-state index in [9.17, 15) is 9.59 Å². The fourth-order valence-corrected chi connectivity index (χ4v) is 4.95. The van der Waals surface area contributed by atoms with Crippen molar-refractivity contribution >= 4 is 33.2 Å². The number of rotatable bonds is 6. The first kappa shape index (κ1) is 22.1. The summed E-state index contributed by atoms with van der Waals surface area (Å²) in [6.07, 6.45) is 1.52. The van der Waals surface area contributed by atoms with Gasteiger partial charge in [0.05, 0.1) is 17.3 Å². The lowest BCUT2D eigenvalue weighted by Crippen LogP contribution is -2.41. The molecule has 0 radical (unpaired) electrons. The molecule has 0 saturated carbocycles. The summed E-state index contributed by atoms with van der Waals surface area (Å²) >= 11 is 1.52. The molecule has 172 valence electrons. The van der Waals surface area contributed by atoms with Crippen LogP contribution in [-0.4, -0.2) is 47.9 Å². The van der Waals surface area contributed by atoms with Crippen molar-refractivity contribution in [3.8, 4) is 10.9 Å². The van der Waals surface area contributed by atoms with Gasteiger partial charge in [-0.05, 0) is 24.3 Å². The highest BCUT2D eigenvalue weighted by Gasteiger charge is 2.25. The minimum atomic E-state index is -0.0501. The molecule has 3 aromatic carbocycles. The number of nitrogens with zero attached hydrogens (tertiary/aromatic N) is 2. The summed E-state index contributed by atoms with van der Waals surface area (Å²) in [4.78, 5) is 32.0. The number of fused-ring (bicyclic) bond motifs is 1. The van der Waals surface area contributed by atoms with Crippen molar-refractivity contribution in [2.24, 2.45) is 0 Å². The maximum atomic E-state index is 13.0. The smallest absolute Gasteiger partial charge is 0.274 e. The molecule has 1 fully saturated rings. The number of carbonyl (C=O) groups is 2. The zero-order valence-electron chi connectivity index (χ0n) is 18.8. The quantitative estimate of drug-likeness (QED) is 0.360. The SMILES string of the molecule is COc1ccc2sc(OC3CCN(C(=O)c4ccc(C(=O)c5ccccc5)cc4)CC3)nc2c1. The average molecular weight is 473 g/mol. The van der Waals surface area contributed by atoms with Crippen LogP contribution in [0.15, 0.2) is 72.8 Å². The van der Waals surface area contributed by atoms with E-state index in [1.165, 1.54) is 11.3 Å². The Kier molecular flexibility index (Phi) is 6.27. The highest BCUT2D eigenvalue weighted by Crippen LogP contribution is 2.32. The maximum absolute atomic E-state index is 13.0. The van der Waals surface area contributed by atoms with Gasteiger partial charge in [0.1, 0.15) is 11.9 Å². The number of benzene rings is 3. The first-order chi connectivity index (χ1) is 16.6. The molecule has 0 unspecified atom stereocenters. The van der Waals surface area contributed by atoms with Gasteiger partial charge in [0.2, 0.25) is 0 Å². The molecule has 1 saturated heterocycles. The Morgan fingerprint density at radius 3 is 2.29 bits per heavy atom. The molecule has 0 N–H and O–H groups in total. The number of likely N-dealkylation sites (tertiary alicyclic amines) is 1. The Bertz CT molecular complexity index is 1310. The van der Waals surface area contributed by atoms with E-state index in [-0.39, 0.29) is 17.8 Å². The number of amides is 1. The monoisotopic (exact) mass is 472 g/mol. The predicted octanol–water partition coefficient (Wildman–Crippen LogP) is 5.22. The van der Waals surface area contributed by atoms with Crippen molar-refractivity contribution in [1.82, 2.24) is 9.88 Å². The maximum Gasteiger partial charge on any atom is 0.274 e. The summed E-state index contributed by atoms with van der Waals surface area (Å²) in [5, 5.41) is 0.645.